The molecule has 0 radical (unpaired) electrons. The summed E-state index contributed by atoms with van der Waals surface area (Å²) in [4.78, 5) is 24.9. The van der Waals surface area contributed by atoms with E-state index in [-0.39, 0.29) is 11.7 Å². The summed E-state index contributed by atoms with van der Waals surface area (Å²) in [6.45, 7) is 10.5. The molecule has 182 valence electrons. The molecule has 8 heteroatoms. The van der Waals surface area contributed by atoms with Crippen molar-refractivity contribution in [2.75, 3.05) is 38.3 Å². The van der Waals surface area contributed by atoms with Crippen molar-refractivity contribution in [2.45, 2.75) is 52.4 Å². The first-order valence-electron chi connectivity index (χ1n) is 11.7. The van der Waals surface area contributed by atoms with Crippen LogP contribution in [-0.2, 0) is 28.0 Å². The summed E-state index contributed by atoms with van der Waals surface area (Å²) in [5.41, 5.74) is 3.27. The van der Waals surface area contributed by atoms with Gasteiger partial charge in [-0.25, -0.2) is 4.98 Å². The fourth-order valence-electron chi connectivity index (χ4n) is 4.45. The molecule has 8 nitrogen and oxygen atoms in total. The summed E-state index contributed by atoms with van der Waals surface area (Å²) < 4.78 is 12.7. The van der Waals surface area contributed by atoms with Crippen LogP contribution in [0.1, 0.15) is 36.6 Å². The Hall–Kier alpha value is -2.81. The molecule has 1 atom stereocenters. The molecule has 1 fully saturated rings. The molecule has 3 aromatic rings. The Balaban J connectivity index is 1.56. The van der Waals surface area contributed by atoms with Gasteiger partial charge in [-0.2, -0.15) is 0 Å². The maximum atomic E-state index is 13.3. The summed E-state index contributed by atoms with van der Waals surface area (Å²) in [7, 11) is 1.68. The number of benzene rings is 1. The number of nitrogens with zero attached hydrogens (tertiary/aromatic N) is 4. The van der Waals surface area contributed by atoms with Crippen LogP contribution >= 0.6 is 0 Å². The van der Waals surface area contributed by atoms with E-state index in [2.05, 4.69) is 9.88 Å². The van der Waals surface area contributed by atoms with Crippen molar-refractivity contribution in [3.05, 3.63) is 63.5 Å². The van der Waals surface area contributed by atoms with Crippen LogP contribution in [0.25, 0.3) is 10.9 Å². The van der Waals surface area contributed by atoms with Gasteiger partial charge in [-0.05, 0) is 63.9 Å². The Kier molecular flexibility index (Phi) is 7.02. The fourth-order valence-corrected chi connectivity index (χ4v) is 4.45. The summed E-state index contributed by atoms with van der Waals surface area (Å²) in [5.74, 6) is 0.688. The zero-order chi connectivity index (χ0) is 24.5. The Labute approximate surface area is 200 Å². The number of pyridine rings is 1. The minimum Gasteiger partial charge on any atom is -0.384 e. The summed E-state index contributed by atoms with van der Waals surface area (Å²) in [6.07, 6.45) is 0.693. The Morgan fingerprint density at radius 3 is 2.71 bits per heavy atom. The molecule has 1 aromatic carbocycles. The molecule has 1 saturated heterocycles. The molecule has 3 heterocycles. The molecule has 0 amide bonds. The number of anilines is 1. The average Bonchev–Trinajstić information content (AvgIpc) is 2.79. The number of methoxy groups -OCH3 is 1. The van der Waals surface area contributed by atoms with Crippen LogP contribution in [0, 0.1) is 13.8 Å². The fraction of sp³-hybridized carbons (Fsp3) is 0.500. The third-order valence-electron chi connectivity index (χ3n) is 6.41. The second kappa shape index (κ2) is 9.82. The van der Waals surface area contributed by atoms with Gasteiger partial charge in [-0.1, -0.05) is 6.07 Å². The van der Waals surface area contributed by atoms with Crippen LogP contribution in [0.2, 0.25) is 0 Å². The van der Waals surface area contributed by atoms with E-state index in [0.29, 0.717) is 48.6 Å². The third kappa shape index (κ3) is 5.14. The van der Waals surface area contributed by atoms with Crippen LogP contribution in [-0.4, -0.2) is 59.2 Å². The third-order valence-corrected chi connectivity index (χ3v) is 6.41. The number of rotatable bonds is 7. The SMILES string of the molecule is COC[C@H]1CN(c2ccc3c(=O)n(CCc4ccc(C(C)(C)O)nc4C)c(C)nc3c2)CCO1. The first kappa shape index (κ1) is 24.3. The standard InChI is InChI=1S/C26H34N4O4/c1-17-19(6-9-24(27-17)26(3,4)32)10-11-30-18(2)28-23-14-20(7-8-22(23)25(30)31)29-12-13-34-21(15-29)16-33-5/h6-9,14,21,32H,10-13,15-16H2,1-5H3/t21-/m1/s1. The Morgan fingerprint density at radius 2 is 2.00 bits per heavy atom. The van der Waals surface area contributed by atoms with E-state index in [0.717, 1.165) is 30.0 Å². The van der Waals surface area contributed by atoms with Crippen LogP contribution in [0.3, 0.4) is 0 Å². The Bertz CT molecular complexity index is 1230. The highest BCUT2D eigenvalue weighted by Gasteiger charge is 2.22. The zero-order valence-corrected chi connectivity index (χ0v) is 20.7. The van der Waals surface area contributed by atoms with Gasteiger partial charge in [0.05, 0.1) is 35.9 Å². The lowest BCUT2D eigenvalue weighted by molar-refractivity contribution is -0.0100. The largest absolute Gasteiger partial charge is 0.384 e. The molecule has 0 saturated carbocycles. The van der Waals surface area contributed by atoms with E-state index >= 15 is 0 Å². The molecule has 1 aliphatic rings. The second-order valence-electron chi connectivity index (χ2n) is 9.46. The molecular weight excluding hydrogens is 432 g/mol. The van der Waals surface area contributed by atoms with Gasteiger partial charge in [0, 0.05) is 38.1 Å². The van der Waals surface area contributed by atoms with Crippen LogP contribution in [0.4, 0.5) is 5.69 Å². The van der Waals surface area contributed by atoms with Gasteiger partial charge in [-0.15, -0.1) is 0 Å². The van der Waals surface area contributed by atoms with Crippen molar-refractivity contribution in [3.8, 4) is 0 Å². The maximum Gasteiger partial charge on any atom is 0.261 e. The quantitative estimate of drug-likeness (QED) is 0.573. The molecule has 1 aliphatic heterocycles. The molecule has 0 aliphatic carbocycles. The molecule has 34 heavy (non-hydrogen) atoms. The highest BCUT2D eigenvalue weighted by atomic mass is 16.5. The van der Waals surface area contributed by atoms with Crippen LogP contribution in [0.15, 0.2) is 35.1 Å². The van der Waals surface area contributed by atoms with Crippen molar-refractivity contribution in [1.82, 2.24) is 14.5 Å². The van der Waals surface area contributed by atoms with Gasteiger partial charge < -0.3 is 19.5 Å². The van der Waals surface area contributed by atoms with Crippen molar-refractivity contribution in [2.24, 2.45) is 0 Å². The number of fused-ring (bicyclic) bond motifs is 1. The van der Waals surface area contributed by atoms with Crippen LogP contribution in [0.5, 0.6) is 0 Å². The number of hydrogen-bond donors (Lipinski definition) is 1. The number of aromatic nitrogens is 3. The number of morpholine rings is 1. The lowest BCUT2D eigenvalue weighted by Gasteiger charge is -2.34. The molecular formula is C26H34N4O4. The summed E-state index contributed by atoms with van der Waals surface area (Å²) >= 11 is 0. The predicted octanol–water partition coefficient (Wildman–Crippen LogP) is 2.73. The zero-order valence-electron chi connectivity index (χ0n) is 20.7. The minimum atomic E-state index is -0.982. The molecule has 1 N–H and O–H groups in total. The van der Waals surface area contributed by atoms with Crippen LogP contribution < -0.4 is 10.5 Å². The van der Waals surface area contributed by atoms with E-state index in [1.165, 1.54) is 0 Å². The van der Waals surface area contributed by atoms with Gasteiger partial charge in [0.25, 0.3) is 5.56 Å². The van der Waals surface area contributed by atoms with Crippen molar-refractivity contribution in [1.29, 1.82) is 0 Å². The van der Waals surface area contributed by atoms with Gasteiger partial charge in [0.2, 0.25) is 0 Å². The van der Waals surface area contributed by atoms with E-state index < -0.39 is 5.60 Å². The number of ether oxygens (including phenoxy) is 2. The minimum absolute atomic E-state index is 0.0348. The summed E-state index contributed by atoms with van der Waals surface area (Å²) in [6, 6.07) is 9.69. The second-order valence-corrected chi connectivity index (χ2v) is 9.46. The normalized spacial score (nSPS) is 16.9. The average molecular weight is 467 g/mol. The van der Waals surface area contributed by atoms with Gasteiger partial charge >= 0.3 is 0 Å². The van der Waals surface area contributed by atoms with E-state index in [1.54, 1.807) is 25.5 Å². The Morgan fingerprint density at radius 1 is 1.21 bits per heavy atom. The summed E-state index contributed by atoms with van der Waals surface area (Å²) in [5, 5.41) is 10.8. The molecule has 4 rings (SSSR count). The number of aryl methyl sites for hydroxylation is 3. The first-order chi connectivity index (χ1) is 16.2. The lowest BCUT2D eigenvalue weighted by atomic mass is 10.0. The van der Waals surface area contributed by atoms with Gasteiger partial charge in [0.15, 0.2) is 0 Å². The highest BCUT2D eigenvalue weighted by molar-refractivity contribution is 5.81. The van der Waals surface area contributed by atoms with Gasteiger partial charge in [0.1, 0.15) is 11.4 Å². The van der Waals surface area contributed by atoms with Crippen molar-refractivity contribution >= 4 is 16.6 Å². The monoisotopic (exact) mass is 466 g/mol. The lowest BCUT2D eigenvalue weighted by Crippen LogP contribution is -2.44. The predicted molar refractivity (Wildman–Crippen MR) is 132 cm³/mol. The molecule has 0 bridgehead atoms. The molecule has 0 unspecified atom stereocenters. The molecule has 2 aromatic heterocycles. The van der Waals surface area contributed by atoms with Gasteiger partial charge in [-0.3, -0.25) is 14.3 Å². The van der Waals surface area contributed by atoms with E-state index in [1.807, 2.05) is 44.2 Å². The number of hydrogen-bond acceptors (Lipinski definition) is 7. The first-order valence-corrected chi connectivity index (χ1v) is 11.7. The van der Waals surface area contributed by atoms with E-state index in [9.17, 15) is 9.90 Å². The highest BCUT2D eigenvalue weighted by Crippen LogP contribution is 2.23. The topological polar surface area (TPSA) is 89.7 Å². The maximum absolute atomic E-state index is 13.3. The van der Waals surface area contributed by atoms with Crippen molar-refractivity contribution in [3.63, 3.8) is 0 Å². The smallest absolute Gasteiger partial charge is 0.261 e. The van der Waals surface area contributed by atoms with Crippen molar-refractivity contribution < 1.29 is 14.6 Å². The molecule has 0 spiro atoms. The van der Waals surface area contributed by atoms with E-state index in [4.69, 9.17) is 14.5 Å². The number of aliphatic hydroxyl groups is 1.